The lowest BCUT2D eigenvalue weighted by molar-refractivity contribution is 0.459. The molecule has 4 heteroatoms. The number of benzene rings is 1. The SMILES string of the molecule is CC(C)CNCc1ncc(-c2cccc(I)c2)o1. The van der Waals surface area contributed by atoms with Gasteiger partial charge in [-0.1, -0.05) is 26.0 Å². The Hall–Kier alpha value is -0.880. The molecule has 1 aromatic heterocycles. The Bertz CT molecular complexity index is 508. The van der Waals surface area contributed by atoms with Crippen LogP contribution in [0.3, 0.4) is 0 Å². The predicted molar refractivity (Wildman–Crippen MR) is 81.2 cm³/mol. The molecule has 0 atom stereocenters. The van der Waals surface area contributed by atoms with Crippen molar-refractivity contribution in [1.29, 1.82) is 0 Å². The van der Waals surface area contributed by atoms with Crippen molar-refractivity contribution in [2.75, 3.05) is 6.54 Å². The molecule has 2 aromatic rings. The van der Waals surface area contributed by atoms with Crippen molar-refractivity contribution in [2.45, 2.75) is 20.4 Å². The van der Waals surface area contributed by atoms with Crippen molar-refractivity contribution < 1.29 is 4.42 Å². The van der Waals surface area contributed by atoms with Crippen LogP contribution in [0, 0.1) is 9.49 Å². The molecule has 0 saturated carbocycles. The first-order valence-corrected chi connectivity index (χ1v) is 7.14. The first-order chi connectivity index (χ1) is 8.65. The van der Waals surface area contributed by atoms with Crippen LogP contribution >= 0.6 is 22.6 Å². The van der Waals surface area contributed by atoms with Crippen molar-refractivity contribution in [2.24, 2.45) is 5.92 Å². The molecular weight excluding hydrogens is 339 g/mol. The van der Waals surface area contributed by atoms with Gasteiger partial charge in [-0.15, -0.1) is 0 Å². The van der Waals surface area contributed by atoms with Gasteiger partial charge in [0.25, 0.3) is 0 Å². The van der Waals surface area contributed by atoms with Crippen LogP contribution in [0.15, 0.2) is 34.9 Å². The van der Waals surface area contributed by atoms with E-state index in [1.165, 1.54) is 3.57 Å². The smallest absolute Gasteiger partial charge is 0.208 e. The molecule has 0 radical (unpaired) electrons. The van der Waals surface area contributed by atoms with Gasteiger partial charge in [0.2, 0.25) is 5.89 Å². The summed E-state index contributed by atoms with van der Waals surface area (Å²) in [5.74, 6) is 2.20. The molecule has 0 bridgehead atoms. The molecule has 0 spiro atoms. The minimum absolute atomic E-state index is 0.634. The molecule has 3 nitrogen and oxygen atoms in total. The molecular formula is C14H17IN2O. The number of oxazole rings is 1. The molecule has 0 fully saturated rings. The van der Waals surface area contributed by atoms with Crippen LogP contribution < -0.4 is 5.32 Å². The molecule has 2 rings (SSSR count). The third kappa shape index (κ3) is 3.81. The maximum absolute atomic E-state index is 5.73. The third-order valence-corrected chi connectivity index (χ3v) is 3.16. The van der Waals surface area contributed by atoms with Gasteiger partial charge in [-0.2, -0.15) is 0 Å². The summed E-state index contributed by atoms with van der Waals surface area (Å²) in [5, 5.41) is 3.32. The van der Waals surface area contributed by atoms with E-state index in [1.807, 2.05) is 12.1 Å². The van der Waals surface area contributed by atoms with E-state index in [4.69, 9.17) is 4.42 Å². The highest BCUT2D eigenvalue weighted by atomic mass is 127. The molecule has 96 valence electrons. The Labute approximate surface area is 121 Å². The minimum Gasteiger partial charge on any atom is -0.439 e. The monoisotopic (exact) mass is 356 g/mol. The number of nitrogens with zero attached hydrogens (tertiary/aromatic N) is 1. The van der Waals surface area contributed by atoms with Crippen molar-refractivity contribution >= 4 is 22.6 Å². The van der Waals surface area contributed by atoms with Gasteiger partial charge in [-0.3, -0.25) is 0 Å². The van der Waals surface area contributed by atoms with E-state index in [9.17, 15) is 0 Å². The summed E-state index contributed by atoms with van der Waals surface area (Å²) in [6.45, 7) is 6.02. The summed E-state index contributed by atoms with van der Waals surface area (Å²) in [4.78, 5) is 4.29. The molecule has 0 aliphatic heterocycles. The molecule has 0 aliphatic rings. The van der Waals surface area contributed by atoms with Gasteiger partial charge in [0, 0.05) is 9.13 Å². The minimum atomic E-state index is 0.634. The lowest BCUT2D eigenvalue weighted by Gasteiger charge is -2.04. The predicted octanol–water partition coefficient (Wildman–Crippen LogP) is 3.69. The largest absolute Gasteiger partial charge is 0.439 e. The summed E-state index contributed by atoms with van der Waals surface area (Å²) in [5.41, 5.74) is 1.07. The topological polar surface area (TPSA) is 38.1 Å². The summed E-state index contributed by atoms with van der Waals surface area (Å²) < 4.78 is 6.92. The number of nitrogens with one attached hydrogen (secondary N) is 1. The Kier molecular flexibility index (Phi) is 4.77. The van der Waals surface area contributed by atoms with Crippen LogP contribution in [0.1, 0.15) is 19.7 Å². The Morgan fingerprint density at radius 1 is 1.39 bits per heavy atom. The van der Waals surface area contributed by atoms with Gasteiger partial charge in [-0.25, -0.2) is 4.98 Å². The molecule has 0 amide bonds. The third-order valence-electron chi connectivity index (χ3n) is 2.49. The second-order valence-electron chi connectivity index (χ2n) is 4.65. The highest BCUT2D eigenvalue weighted by molar-refractivity contribution is 14.1. The van der Waals surface area contributed by atoms with E-state index in [0.29, 0.717) is 12.5 Å². The highest BCUT2D eigenvalue weighted by Crippen LogP contribution is 2.22. The molecule has 1 aromatic carbocycles. The van der Waals surface area contributed by atoms with Crippen molar-refractivity contribution in [3.8, 4) is 11.3 Å². The van der Waals surface area contributed by atoms with Gasteiger partial charge in [0.1, 0.15) is 0 Å². The fourth-order valence-electron chi connectivity index (χ4n) is 1.63. The number of aromatic nitrogens is 1. The maximum atomic E-state index is 5.73. The van der Waals surface area contributed by atoms with Gasteiger partial charge < -0.3 is 9.73 Å². The van der Waals surface area contributed by atoms with E-state index in [1.54, 1.807) is 6.20 Å². The van der Waals surface area contributed by atoms with Crippen molar-refractivity contribution in [3.63, 3.8) is 0 Å². The van der Waals surface area contributed by atoms with Crippen molar-refractivity contribution in [3.05, 3.63) is 39.9 Å². The van der Waals surface area contributed by atoms with E-state index < -0.39 is 0 Å². The highest BCUT2D eigenvalue weighted by Gasteiger charge is 2.06. The lowest BCUT2D eigenvalue weighted by Crippen LogP contribution is -2.18. The number of halogens is 1. The Morgan fingerprint density at radius 3 is 2.94 bits per heavy atom. The average Bonchev–Trinajstić information content (AvgIpc) is 2.77. The first-order valence-electron chi connectivity index (χ1n) is 6.06. The zero-order chi connectivity index (χ0) is 13.0. The number of rotatable bonds is 5. The molecule has 0 aliphatic carbocycles. The van der Waals surface area contributed by atoms with Crippen LogP contribution in [-0.4, -0.2) is 11.5 Å². The Morgan fingerprint density at radius 2 is 2.22 bits per heavy atom. The zero-order valence-corrected chi connectivity index (χ0v) is 12.8. The van der Waals surface area contributed by atoms with Crippen LogP contribution in [0.4, 0.5) is 0 Å². The van der Waals surface area contributed by atoms with E-state index in [2.05, 4.69) is 58.9 Å². The van der Waals surface area contributed by atoms with Gasteiger partial charge in [0.15, 0.2) is 5.76 Å². The van der Waals surface area contributed by atoms with Crippen LogP contribution in [0.5, 0.6) is 0 Å². The lowest BCUT2D eigenvalue weighted by atomic mass is 10.2. The van der Waals surface area contributed by atoms with E-state index in [-0.39, 0.29) is 0 Å². The van der Waals surface area contributed by atoms with Gasteiger partial charge in [-0.05, 0) is 47.2 Å². The molecule has 1 heterocycles. The second kappa shape index (κ2) is 6.33. The molecule has 1 N–H and O–H groups in total. The molecule has 0 saturated heterocycles. The summed E-state index contributed by atoms with van der Waals surface area (Å²) in [6, 6.07) is 8.21. The fraction of sp³-hybridized carbons (Fsp3) is 0.357. The Balaban J connectivity index is 2.02. The summed E-state index contributed by atoms with van der Waals surface area (Å²) in [6.07, 6.45) is 1.79. The van der Waals surface area contributed by atoms with E-state index >= 15 is 0 Å². The van der Waals surface area contributed by atoms with Gasteiger partial charge in [0.05, 0.1) is 12.7 Å². The maximum Gasteiger partial charge on any atom is 0.208 e. The van der Waals surface area contributed by atoms with Crippen molar-refractivity contribution in [1.82, 2.24) is 10.3 Å². The fourth-order valence-corrected chi connectivity index (χ4v) is 2.18. The van der Waals surface area contributed by atoms with Crippen LogP contribution in [-0.2, 0) is 6.54 Å². The number of hydrogen-bond acceptors (Lipinski definition) is 3. The second-order valence-corrected chi connectivity index (χ2v) is 5.90. The standard InChI is InChI=1S/C14H17IN2O/c1-10(2)7-16-9-14-17-8-13(18-14)11-4-3-5-12(15)6-11/h3-6,8,10,16H,7,9H2,1-2H3. The normalized spacial score (nSPS) is 11.1. The quantitative estimate of drug-likeness (QED) is 0.831. The molecule has 0 unspecified atom stereocenters. The average molecular weight is 356 g/mol. The van der Waals surface area contributed by atoms with Crippen LogP contribution in [0.25, 0.3) is 11.3 Å². The first kappa shape index (κ1) is 13.5. The summed E-state index contributed by atoms with van der Waals surface area (Å²) >= 11 is 2.29. The number of hydrogen-bond donors (Lipinski definition) is 1. The van der Waals surface area contributed by atoms with Gasteiger partial charge >= 0.3 is 0 Å². The zero-order valence-electron chi connectivity index (χ0n) is 10.6. The molecule has 18 heavy (non-hydrogen) atoms. The van der Waals surface area contributed by atoms with Crippen LogP contribution in [0.2, 0.25) is 0 Å². The van der Waals surface area contributed by atoms with E-state index in [0.717, 1.165) is 23.8 Å². The summed E-state index contributed by atoms with van der Waals surface area (Å²) in [7, 11) is 0.